The molecule has 0 aliphatic carbocycles. The zero-order valence-corrected chi connectivity index (χ0v) is 17.4. The van der Waals surface area contributed by atoms with Gasteiger partial charge in [-0.2, -0.15) is 10.2 Å². The van der Waals surface area contributed by atoms with Gasteiger partial charge in [0.1, 0.15) is 11.8 Å². The van der Waals surface area contributed by atoms with E-state index >= 15 is 0 Å². The van der Waals surface area contributed by atoms with Crippen molar-refractivity contribution in [3.05, 3.63) is 36.2 Å². The molecule has 1 aromatic rings. The minimum atomic E-state index is -0.858. The van der Waals surface area contributed by atoms with Crippen molar-refractivity contribution in [2.24, 2.45) is 10.8 Å². The Kier molecular flexibility index (Phi) is 7.30. The van der Waals surface area contributed by atoms with Gasteiger partial charge in [0.05, 0.1) is 39.0 Å². The third-order valence-corrected chi connectivity index (χ3v) is 4.89. The van der Waals surface area contributed by atoms with Crippen LogP contribution in [0.4, 0.5) is 29.7 Å². The number of methoxy groups -OCH3 is 1. The van der Waals surface area contributed by atoms with Gasteiger partial charge < -0.3 is 20.1 Å². The van der Waals surface area contributed by atoms with Gasteiger partial charge in [0.25, 0.3) is 0 Å². The molecule has 2 saturated heterocycles. The number of anilines is 2. The number of carbonyl (C=O) groups is 2. The van der Waals surface area contributed by atoms with Gasteiger partial charge in [-0.3, -0.25) is 14.7 Å². The lowest BCUT2D eigenvalue weighted by Crippen LogP contribution is -2.34. The number of carbonyl (C=O) groups excluding carboxylic acids is 2. The summed E-state index contributed by atoms with van der Waals surface area (Å²) in [4.78, 5) is 31.7. The van der Waals surface area contributed by atoms with Gasteiger partial charge in [0.2, 0.25) is 0 Å². The van der Waals surface area contributed by atoms with Crippen LogP contribution in [0.3, 0.4) is 0 Å². The molecule has 1 atom stereocenters. The van der Waals surface area contributed by atoms with Crippen molar-refractivity contribution in [3.63, 3.8) is 0 Å². The van der Waals surface area contributed by atoms with E-state index in [2.05, 4.69) is 16.6 Å². The number of hydrazone groups is 1. The summed E-state index contributed by atoms with van der Waals surface area (Å²) in [5.41, 5.74) is 5.07. The predicted molar refractivity (Wildman–Crippen MR) is 111 cm³/mol. The van der Waals surface area contributed by atoms with Gasteiger partial charge in [0, 0.05) is 44.3 Å². The minimum absolute atomic E-state index is 0.0194. The van der Waals surface area contributed by atoms with Crippen molar-refractivity contribution in [3.8, 4) is 0 Å². The minimum Gasteiger partial charge on any atom is -0.451 e. The third-order valence-electron chi connectivity index (χ3n) is 4.89. The molecule has 3 rings (SSSR count). The Morgan fingerprint density at radius 1 is 1.38 bits per heavy atom. The zero-order chi connectivity index (χ0) is 23.3. The number of benzene rings is 1. The first-order valence-corrected chi connectivity index (χ1v) is 9.70. The Balaban J connectivity index is 1.74. The van der Waals surface area contributed by atoms with Crippen LogP contribution in [-0.4, -0.2) is 81.5 Å². The maximum absolute atomic E-state index is 14.9. The summed E-state index contributed by atoms with van der Waals surface area (Å²) in [5.74, 6) is -1.72. The van der Waals surface area contributed by atoms with Gasteiger partial charge in [-0.25, -0.2) is 18.4 Å². The molecule has 11 nitrogen and oxygen atoms in total. The van der Waals surface area contributed by atoms with E-state index in [9.17, 15) is 18.4 Å². The largest absolute Gasteiger partial charge is 0.451 e. The molecule has 2 fully saturated rings. The van der Waals surface area contributed by atoms with Crippen LogP contribution in [0.2, 0.25) is 0 Å². The van der Waals surface area contributed by atoms with E-state index in [-0.39, 0.29) is 50.7 Å². The number of halogens is 2. The normalized spacial score (nSPS) is 19.2. The molecule has 0 bridgehead atoms. The molecule has 1 aromatic carbocycles. The van der Waals surface area contributed by atoms with Gasteiger partial charge in [-0.1, -0.05) is 0 Å². The third kappa shape index (κ3) is 4.99. The molecule has 13 heteroatoms. The maximum atomic E-state index is 14.9. The average Bonchev–Trinajstić information content (AvgIpc) is 2.96. The summed E-state index contributed by atoms with van der Waals surface area (Å²) in [7, 11) is 1.21. The van der Waals surface area contributed by atoms with Crippen LogP contribution < -0.4 is 15.5 Å². The second kappa shape index (κ2) is 10.1. The zero-order valence-electron chi connectivity index (χ0n) is 17.4. The molecule has 0 radical (unpaired) electrons. The smallest absolute Gasteiger partial charge is 0.433 e. The fourth-order valence-electron chi connectivity index (χ4n) is 3.43. The van der Waals surface area contributed by atoms with Crippen LogP contribution in [0.1, 0.15) is 0 Å². The highest BCUT2D eigenvalue weighted by molar-refractivity contribution is 5.90. The molecule has 0 aromatic heterocycles. The van der Waals surface area contributed by atoms with Crippen LogP contribution >= 0.6 is 0 Å². The Morgan fingerprint density at radius 3 is 2.72 bits per heavy atom. The summed E-state index contributed by atoms with van der Waals surface area (Å²) in [6.45, 7) is 3.98. The average molecular weight is 454 g/mol. The van der Waals surface area contributed by atoms with E-state index in [0.29, 0.717) is 0 Å². The molecule has 32 heavy (non-hydrogen) atoms. The molecule has 0 unspecified atom stereocenters. The molecule has 2 aliphatic rings. The first-order valence-electron chi connectivity index (χ1n) is 9.70. The summed E-state index contributed by atoms with van der Waals surface area (Å²) in [5, 5.41) is 6.10. The molecule has 2 aliphatic heterocycles. The van der Waals surface area contributed by atoms with Crippen molar-refractivity contribution < 1.29 is 32.7 Å². The van der Waals surface area contributed by atoms with Gasteiger partial charge in [0.15, 0.2) is 11.6 Å². The Hall–Kier alpha value is -3.61. The van der Waals surface area contributed by atoms with Crippen LogP contribution in [0.15, 0.2) is 29.6 Å². The predicted octanol–water partition coefficient (Wildman–Crippen LogP) is 1.46. The summed E-state index contributed by atoms with van der Waals surface area (Å²) < 4.78 is 39.7. The van der Waals surface area contributed by atoms with Crippen molar-refractivity contribution in [2.75, 3.05) is 56.2 Å². The number of ether oxygens (including phenoxy) is 2. The Bertz CT molecular complexity index is 878. The topological polar surface area (TPSA) is 113 Å². The van der Waals surface area contributed by atoms with E-state index in [4.69, 9.17) is 15.3 Å². The number of nitrogens with two attached hydrogens (primary N) is 1. The fourth-order valence-corrected chi connectivity index (χ4v) is 3.43. The maximum Gasteiger partial charge on any atom is 0.433 e. The molecule has 0 spiro atoms. The highest BCUT2D eigenvalue weighted by atomic mass is 19.1. The number of amides is 2. The Labute approximate surface area is 183 Å². The van der Waals surface area contributed by atoms with Crippen molar-refractivity contribution >= 4 is 30.3 Å². The van der Waals surface area contributed by atoms with Crippen molar-refractivity contribution in [1.29, 1.82) is 0 Å². The molecule has 2 amide bonds. The Morgan fingerprint density at radius 2 is 2.09 bits per heavy atom. The number of hydrogen-bond donors (Lipinski definition) is 1. The molecule has 2 heterocycles. The van der Waals surface area contributed by atoms with Crippen LogP contribution in [0, 0.1) is 11.6 Å². The first-order chi connectivity index (χ1) is 15.4. The van der Waals surface area contributed by atoms with Crippen molar-refractivity contribution in [2.45, 2.75) is 6.10 Å². The van der Waals surface area contributed by atoms with E-state index in [0.717, 1.165) is 22.1 Å². The van der Waals surface area contributed by atoms with E-state index in [1.165, 1.54) is 29.4 Å². The quantitative estimate of drug-likeness (QED) is 0.508. The van der Waals surface area contributed by atoms with Crippen LogP contribution in [0.5, 0.6) is 0 Å². The van der Waals surface area contributed by atoms with E-state index < -0.39 is 29.9 Å². The number of hydrogen-bond acceptors (Lipinski definition) is 9. The van der Waals surface area contributed by atoms with Crippen LogP contribution in [0.25, 0.3) is 0 Å². The van der Waals surface area contributed by atoms with Crippen molar-refractivity contribution in [1.82, 2.24) is 10.1 Å². The number of nitrogens with zero attached hydrogens (tertiary/aromatic N) is 5. The molecule has 174 valence electrons. The highest BCUT2D eigenvalue weighted by Crippen LogP contribution is 2.31. The van der Waals surface area contributed by atoms with Gasteiger partial charge >= 0.3 is 12.2 Å². The molecule has 2 N–H and O–H groups in total. The standard InChI is InChI=1S/C19H24F2N6O5/c1-23-25(4-3-22)11-14-12-26(18(28)32-14)13-9-15(20)17(16(21)10-13)24-5-6-27(19(29)30-2)31-8-7-24/h3-4,9-10,14H,1,5-8,11-12,22H2,2H3/b4-3-/t14-/m0/s1. The van der Waals surface area contributed by atoms with Gasteiger partial charge in [-0.05, 0) is 0 Å². The molecular weight excluding hydrogens is 430 g/mol. The fraction of sp³-hybridized carbons (Fsp3) is 0.421. The summed E-state index contributed by atoms with van der Waals surface area (Å²) in [6, 6.07) is 2.13. The van der Waals surface area contributed by atoms with Gasteiger partial charge in [-0.15, -0.1) is 0 Å². The summed E-state index contributed by atoms with van der Waals surface area (Å²) in [6.07, 6.45) is 0.660. The van der Waals surface area contributed by atoms with Crippen LogP contribution in [-0.2, 0) is 14.3 Å². The highest BCUT2D eigenvalue weighted by Gasteiger charge is 2.34. The number of rotatable bonds is 6. The SMILES string of the molecule is C=NN(/C=C\N)C[C@H]1CN(c2cc(F)c(N3CCON(C(=O)OC)CC3)c(F)c2)C(=O)O1. The first kappa shape index (κ1) is 23.1. The molecular formula is C19H24F2N6O5. The monoisotopic (exact) mass is 454 g/mol. The van der Waals surface area contributed by atoms with E-state index in [1.54, 1.807) is 0 Å². The second-order valence-corrected chi connectivity index (χ2v) is 6.87. The number of cyclic esters (lactones) is 1. The second-order valence-electron chi connectivity index (χ2n) is 6.87. The number of hydroxylamine groups is 2. The lowest BCUT2D eigenvalue weighted by atomic mass is 10.2. The summed E-state index contributed by atoms with van der Waals surface area (Å²) >= 11 is 0. The molecule has 0 saturated carbocycles. The van der Waals surface area contributed by atoms with E-state index in [1.807, 2.05) is 0 Å². The lowest BCUT2D eigenvalue weighted by molar-refractivity contribution is -0.122. The lowest BCUT2D eigenvalue weighted by Gasteiger charge is -2.24.